The van der Waals surface area contributed by atoms with Gasteiger partial charge in [-0.1, -0.05) is 67.7 Å². The fourth-order valence-corrected chi connectivity index (χ4v) is 3.19. The minimum Gasteiger partial charge on any atom is -0.508 e. The van der Waals surface area contributed by atoms with Crippen LogP contribution in [0.3, 0.4) is 0 Å². The topological polar surface area (TPSA) is 66.8 Å². The van der Waals surface area contributed by atoms with E-state index in [4.69, 9.17) is 4.74 Å². The molecule has 1 aromatic carbocycles. The zero-order valence-corrected chi connectivity index (χ0v) is 18.9. The van der Waals surface area contributed by atoms with E-state index < -0.39 is 0 Å². The van der Waals surface area contributed by atoms with Crippen LogP contribution in [0, 0.1) is 0 Å². The van der Waals surface area contributed by atoms with Crippen LogP contribution in [0.1, 0.15) is 68.6 Å². The highest BCUT2D eigenvalue weighted by Crippen LogP contribution is 2.38. The lowest BCUT2D eigenvalue weighted by molar-refractivity contribution is 0.0960. The second-order valence-electron chi connectivity index (χ2n) is 7.50. The van der Waals surface area contributed by atoms with Crippen LogP contribution in [-0.4, -0.2) is 16.0 Å². The van der Waals surface area contributed by atoms with Crippen LogP contribution in [0.2, 0.25) is 0 Å². The number of fused-ring (bicyclic) bond motifs is 1. The monoisotopic (exact) mass is 434 g/mol. The van der Waals surface area contributed by atoms with Crippen molar-refractivity contribution >= 4 is 5.78 Å². The molecule has 0 atom stereocenters. The second-order valence-corrected chi connectivity index (χ2v) is 7.50. The van der Waals surface area contributed by atoms with Crippen molar-refractivity contribution in [2.75, 3.05) is 0 Å². The van der Waals surface area contributed by atoms with Crippen molar-refractivity contribution in [3.63, 3.8) is 0 Å². The third-order valence-corrected chi connectivity index (χ3v) is 4.78. The maximum absolute atomic E-state index is 12.2. The third-order valence-electron chi connectivity index (χ3n) is 4.78. The summed E-state index contributed by atoms with van der Waals surface area (Å²) in [4.78, 5) is 12.2. The van der Waals surface area contributed by atoms with Crippen molar-refractivity contribution < 1.29 is 19.7 Å². The molecule has 4 nitrogen and oxygen atoms in total. The molecule has 0 saturated heterocycles. The number of allylic oxidation sites excluding steroid dienone is 12. The van der Waals surface area contributed by atoms with E-state index in [1.807, 2.05) is 6.08 Å². The van der Waals surface area contributed by atoms with E-state index in [1.54, 1.807) is 0 Å². The summed E-state index contributed by atoms with van der Waals surface area (Å²) in [5.41, 5.74) is 0.137. The molecule has 2 rings (SSSR count). The third kappa shape index (κ3) is 9.25. The van der Waals surface area contributed by atoms with Gasteiger partial charge in [-0.15, -0.1) is 0 Å². The van der Waals surface area contributed by atoms with Crippen molar-refractivity contribution in [1.29, 1.82) is 0 Å². The molecule has 0 spiro atoms. The number of carbonyl (C=O) groups excluding carboxylic acids is 1. The Bertz CT molecular complexity index is 914. The highest BCUT2D eigenvalue weighted by atomic mass is 16.5. The van der Waals surface area contributed by atoms with Gasteiger partial charge in [0.05, 0.1) is 6.42 Å². The molecule has 1 aliphatic rings. The minimum atomic E-state index is -0.247. The zero-order chi connectivity index (χ0) is 23.0. The molecule has 4 heteroatoms. The Labute approximate surface area is 191 Å². The summed E-state index contributed by atoms with van der Waals surface area (Å²) in [6.45, 7) is 2.14. The number of hydrogen-bond acceptors (Lipinski definition) is 4. The van der Waals surface area contributed by atoms with Crippen molar-refractivity contribution in [2.45, 2.75) is 58.3 Å². The largest absolute Gasteiger partial charge is 0.508 e. The fraction of sp³-hybridized carbons (Fsp3) is 0.321. The fourth-order valence-electron chi connectivity index (χ4n) is 3.19. The molecule has 170 valence electrons. The first-order valence-corrected chi connectivity index (χ1v) is 11.3. The summed E-state index contributed by atoms with van der Waals surface area (Å²) < 4.78 is 5.66. The Morgan fingerprint density at radius 1 is 0.812 bits per heavy atom. The molecular formula is C28H34O4. The van der Waals surface area contributed by atoms with Gasteiger partial charge in [0.1, 0.15) is 28.6 Å². The molecule has 0 amide bonds. The molecule has 1 heterocycles. The van der Waals surface area contributed by atoms with Gasteiger partial charge in [0, 0.05) is 12.1 Å². The van der Waals surface area contributed by atoms with Crippen molar-refractivity contribution in [2.24, 2.45) is 0 Å². The van der Waals surface area contributed by atoms with Crippen LogP contribution in [0.4, 0.5) is 0 Å². The van der Waals surface area contributed by atoms with Crippen molar-refractivity contribution in [1.82, 2.24) is 0 Å². The highest BCUT2D eigenvalue weighted by molar-refractivity contribution is 6.03. The van der Waals surface area contributed by atoms with Crippen LogP contribution >= 0.6 is 0 Å². The van der Waals surface area contributed by atoms with Gasteiger partial charge in [-0.2, -0.15) is 0 Å². The molecule has 32 heavy (non-hydrogen) atoms. The van der Waals surface area contributed by atoms with E-state index in [0.717, 1.165) is 51.0 Å². The molecule has 0 bridgehead atoms. The van der Waals surface area contributed by atoms with Crippen LogP contribution < -0.4 is 4.74 Å². The van der Waals surface area contributed by atoms with Gasteiger partial charge in [0.15, 0.2) is 5.78 Å². The van der Waals surface area contributed by atoms with Gasteiger partial charge in [-0.3, -0.25) is 4.79 Å². The van der Waals surface area contributed by atoms with E-state index in [2.05, 4.69) is 67.7 Å². The van der Waals surface area contributed by atoms with Gasteiger partial charge in [0.2, 0.25) is 0 Å². The summed E-state index contributed by atoms with van der Waals surface area (Å²) in [5.74, 6) is 0.182. The molecule has 1 aromatic rings. The number of Topliss-reactive ketones (excluding diaryl/α,β-unsaturated/α-hetero) is 1. The Morgan fingerprint density at radius 2 is 1.38 bits per heavy atom. The molecule has 0 aromatic heterocycles. The summed E-state index contributed by atoms with van der Waals surface area (Å²) in [5, 5.41) is 19.4. The number of benzene rings is 1. The predicted molar refractivity (Wildman–Crippen MR) is 131 cm³/mol. The lowest BCUT2D eigenvalue weighted by Crippen LogP contribution is -2.14. The van der Waals surface area contributed by atoms with Crippen LogP contribution in [0.25, 0.3) is 0 Å². The average molecular weight is 435 g/mol. The SMILES string of the molecule is CCC=CCC=CCC=CCC=CCC=CCCC=C1CC(=O)c2c(O)cc(O)cc2O1. The molecule has 0 aliphatic carbocycles. The highest BCUT2D eigenvalue weighted by Gasteiger charge is 2.26. The number of ether oxygens (including phenoxy) is 1. The molecule has 0 fully saturated rings. The van der Waals surface area contributed by atoms with E-state index >= 15 is 0 Å². The molecule has 0 radical (unpaired) electrons. The van der Waals surface area contributed by atoms with Gasteiger partial charge in [-0.25, -0.2) is 0 Å². The first kappa shape index (κ1) is 25.0. The molecule has 2 N–H and O–H groups in total. The van der Waals surface area contributed by atoms with Gasteiger partial charge >= 0.3 is 0 Å². The molecule has 0 unspecified atom stereocenters. The van der Waals surface area contributed by atoms with E-state index in [-0.39, 0.29) is 35.0 Å². The summed E-state index contributed by atoms with van der Waals surface area (Å²) in [6.07, 6.45) is 30.3. The first-order chi connectivity index (χ1) is 15.6. The average Bonchev–Trinajstić information content (AvgIpc) is 2.75. The minimum absolute atomic E-state index is 0.122. The smallest absolute Gasteiger partial charge is 0.177 e. The lowest BCUT2D eigenvalue weighted by Gasteiger charge is -2.19. The molecular weight excluding hydrogens is 400 g/mol. The van der Waals surface area contributed by atoms with Crippen LogP contribution in [-0.2, 0) is 0 Å². The van der Waals surface area contributed by atoms with Gasteiger partial charge in [-0.05, 0) is 51.0 Å². The number of hydrogen-bond donors (Lipinski definition) is 2. The molecule has 1 aliphatic heterocycles. The van der Waals surface area contributed by atoms with Gasteiger partial charge < -0.3 is 14.9 Å². The van der Waals surface area contributed by atoms with Crippen molar-refractivity contribution in [3.05, 3.63) is 90.3 Å². The maximum Gasteiger partial charge on any atom is 0.177 e. The number of carbonyl (C=O) groups is 1. The van der Waals surface area contributed by atoms with Crippen LogP contribution in [0.15, 0.2) is 84.7 Å². The number of aromatic hydroxyl groups is 2. The molecule has 0 saturated carbocycles. The number of phenolic OH excluding ortho intramolecular Hbond substituents is 2. The van der Waals surface area contributed by atoms with Gasteiger partial charge in [0.25, 0.3) is 0 Å². The maximum atomic E-state index is 12.2. The Balaban J connectivity index is 1.61. The quantitative estimate of drug-likeness (QED) is 0.264. The number of unbranched alkanes of at least 4 members (excludes halogenated alkanes) is 1. The second kappa shape index (κ2) is 14.7. The Hall–Kier alpha value is -3.27. The Kier molecular flexibility index (Phi) is 11.5. The standard InChI is InChI=1S/C28H34O4/c1-2-3-4-5-6-7-8-9-10-11-12-13-14-15-16-17-18-19-24-22-26(31)28-25(30)20-23(29)21-27(28)32-24/h3-4,6-7,9-10,12-13,15-16,19-21,29-30H,2,5,8,11,14,17-18,22H2,1H3. The lowest BCUT2D eigenvalue weighted by atomic mass is 10.0. The zero-order valence-electron chi connectivity index (χ0n) is 18.9. The van der Waals surface area contributed by atoms with E-state index in [0.29, 0.717) is 5.76 Å². The summed E-state index contributed by atoms with van der Waals surface area (Å²) in [6, 6.07) is 2.50. The van der Waals surface area contributed by atoms with E-state index in [1.165, 1.54) is 6.07 Å². The summed E-state index contributed by atoms with van der Waals surface area (Å²) >= 11 is 0. The number of phenols is 2. The number of rotatable bonds is 12. The number of ketones is 1. The van der Waals surface area contributed by atoms with E-state index in [9.17, 15) is 15.0 Å². The normalized spacial score (nSPS) is 15.8. The summed E-state index contributed by atoms with van der Waals surface area (Å²) in [7, 11) is 0. The Morgan fingerprint density at radius 3 is 1.97 bits per heavy atom. The van der Waals surface area contributed by atoms with Crippen molar-refractivity contribution in [3.8, 4) is 17.2 Å². The first-order valence-electron chi connectivity index (χ1n) is 11.3. The predicted octanol–water partition coefficient (Wildman–Crippen LogP) is 7.48. The van der Waals surface area contributed by atoms with Crippen LogP contribution in [0.5, 0.6) is 17.2 Å².